The monoisotopic (exact) mass is 464 g/mol. The van der Waals surface area contributed by atoms with Crippen molar-refractivity contribution in [2.75, 3.05) is 26.3 Å². The molecule has 190 valence electrons. The van der Waals surface area contributed by atoms with E-state index < -0.39 is 5.54 Å². The Morgan fingerprint density at radius 1 is 0.818 bits per heavy atom. The number of aliphatic hydroxyl groups is 2. The van der Waals surface area contributed by atoms with Gasteiger partial charge in [-0.2, -0.15) is 0 Å². The lowest BCUT2D eigenvalue weighted by Gasteiger charge is -2.56. The number of carbonyl (C=O) groups is 2. The molecule has 3 fully saturated rings. The van der Waals surface area contributed by atoms with Gasteiger partial charge in [0, 0.05) is 6.54 Å². The van der Waals surface area contributed by atoms with Gasteiger partial charge in [0.05, 0.1) is 19.8 Å². The second-order valence-electron chi connectivity index (χ2n) is 12.0. The minimum Gasteiger partial charge on any atom is -0.395 e. The quantitative estimate of drug-likeness (QED) is 0.522. The smallest absolute Gasteiger partial charge is 0.327 e. The Balaban J connectivity index is 2.26. The van der Waals surface area contributed by atoms with Gasteiger partial charge in [0.2, 0.25) is 0 Å². The van der Waals surface area contributed by atoms with Gasteiger partial charge in [-0.15, -0.1) is 0 Å². The number of urea groups is 1. The van der Waals surface area contributed by atoms with Crippen molar-refractivity contribution in [3.05, 3.63) is 0 Å². The van der Waals surface area contributed by atoms with Crippen LogP contribution < -0.4 is 0 Å². The van der Waals surface area contributed by atoms with Crippen LogP contribution in [0.3, 0.4) is 0 Å². The van der Waals surface area contributed by atoms with Gasteiger partial charge in [0.1, 0.15) is 5.54 Å². The fourth-order valence-electron chi connectivity index (χ4n) is 7.81. The predicted octanol–water partition coefficient (Wildman–Crippen LogP) is 4.39. The summed E-state index contributed by atoms with van der Waals surface area (Å²) in [6.07, 6.45) is 6.35. The average molecular weight is 465 g/mol. The third-order valence-corrected chi connectivity index (χ3v) is 9.32. The summed E-state index contributed by atoms with van der Waals surface area (Å²) in [5.74, 6) is 2.61. The summed E-state index contributed by atoms with van der Waals surface area (Å²) in [6.45, 7) is 13.4. The summed E-state index contributed by atoms with van der Waals surface area (Å²) in [4.78, 5) is 31.3. The molecule has 0 aromatic rings. The van der Waals surface area contributed by atoms with Crippen molar-refractivity contribution in [3.8, 4) is 0 Å². The van der Waals surface area contributed by atoms with E-state index in [2.05, 4.69) is 41.5 Å². The zero-order valence-corrected chi connectivity index (χ0v) is 21.8. The zero-order valence-electron chi connectivity index (χ0n) is 21.8. The van der Waals surface area contributed by atoms with Gasteiger partial charge in [-0.1, -0.05) is 54.4 Å². The topological polar surface area (TPSA) is 81.1 Å². The maximum atomic E-state index is 14.5. The molecule has 1 saturated heterocycles. The second kappa shape index (κ2) is 10.6. The number of hydrogen-bond acceptors (Lipinski definition) is 4. The molecular formula is C27H48N2O4. The van der Waals surface area contributed by atoms with Crippen molar-refractivity contribution in [1.29, 1.82) is 0 Å². The summed E-state index contributed by atoms with van der Waals surface area (Å²) >= 11 is 0. The lowest BCUT2D eigenvalue weighted by atomic mass is 9.52. The van der Waals surface area contributed by atoms with Gasteiger partial charge in [-0.3, -0.25) is 9.69 Å². The van der Waals surface area contributed by atoms with Gasteiger partial charge in [0.15, 0.2) is 0 Å². The van der Waals surface area contributed by atoms with Gasteiger partial charge < -0.3 is 15.1 Å². The van der Waals surface area contributed by atoms with Crippen LogP contribution in [0.5, 0.6) is 0 Å². The highest BCUT2D eigenvalue weighted by atomic mass is 16.3. The summed E-state index contributed by atoms with van der Waals surface area (Å²) in [7, 11) is 0. The summed E-state index contributed by atoms with van der Waals surface area (Å²) in [5.41, 5.74) is -0.928. The first-order chi connectivity index (χ1) is 15.6. The Labute approximate surface area is 201 Å². The first-order valence-corrected chi connectivity index (χ1v) is 13.5. The molecule has 0 bridgehead atoms. The van der Waals surface area contributed by atoms with Gasteiger partial charge in [-0.25, -0.2) is 4.79 Å². The maximum Gasteiger partial charge on any atom is 0.327 e. The molecule has 2 N–H and O–H groups in total. The van der Waals surface area contributed by atoms with Crippen molar-refractivity contribution >= 4 is 11.9 Å². The number of hydrogen-bond donors (Lipinski definition) is 2. The van der Waals surface area contributed by atoms with Crippen LogP contribution >= 0.6 is 0 Å². The Bertz CT molecular complexity index is 662. The van der Waals surface area contributed by atoms with Crippen LogP contribution in [-0.4, -0.2) is 63.8 Å². The highest BCUT2D eigenvalue weighted by molar-refractivity contribution is 6.07. The van der Waals surface area contributed by atoms with Crippen LogP contribution in [0, 0.1) is 47.3 Å². The van der Waals surface area contributed by atoms with Crippen LogP contribution in [0.15, 0.2) is 0 Å². The predicted molar refractivity (Wildman–Crippen MR) is 130 cm³/mol. The van der Waals surface area contributed by atoms with E-state index >= 15 is 0 Å². The van der Waals surface area contributed by atoms with Crippen molar-refractivity contribution in [2.24, 2.45) is 47.3 Å². The Morgan fingerprint density at radius 2 is 1.27 bits per heavy atom. The molecule has 0 aromatic heterocycles. The number of imide groups is 1. The molecule has 0 radical (unpaired) electrons. The molecule has 0 aromatic carbocycles. The zero-order chi connectivity index (χ0) is 24.5. The number of amides is 3. The molecule has 6 unspecified atom stereocenters. The minimum absolute atomic E-state index is 0.0323. The summed E-state index contributed by atoms with van der Waals surface area (Å²) in [6, 6.07) is -0.315. The lowest BCUT2D eigenvalue weighted by molar-refractivity contribution is -0.151. The molecule has 6 nitrogen and oxygen atoms in total. The molecule has 3 aliphatic rings. The van der Waals surface area contributed by atoms with E-state index in [1.807, 2.05) is 0 Å². The van der Waals surface area contributed by atoms with Crippen LogP contribution in [0.25, 0.3) is 0 Å². The summed E-state index contributed by atoms with van der Waals surface area (Å²) in [5, 5.41) is 19.8. The van der Waals surface area contributed by atoms with E-state index in [0.29, 0.717) is 35.5 Å². The van der Waals surface area contributed by atoms with Crippen LogP contribution in [0.2, 0.25) is 0 Å². The second-order valence-corrected chi connectivity index (χ2v) is 12.0. The Kier molecular flexibility index (Phi) is 8.53. The molecule has 6 atom stereocenters. The highest BCUT2D eigenvalue weighted by Crippen LogP contribution is 2.57. The lowest BCUT2D eigenvalue weighted by Crippen LogP contribution is -2.66. The van der Waals surface area contributed by atoms with Crippen LogP contribution in [0.4, 0.5) is 4.79 Å². The molecule has 1 heterocycles. The number of nitrogens with zero attached hydrogens (tertiary/aromatic N) is 2. The van der Waals surface area contributed by atoms with Gasteiger partial charge >= 0.3 is 6.03 Å². The molecule has 6 heteroatoms. The van der Waals surface area contributed by atoms with Gasteiger partial charge in [-0.05, 0) is 73.0 Å². The fraction of sp³-hybridized carbons (Fsp3) is 0.926. The van der Waals surface area contributed by atoms with E-state index in [4.69, 9.17) is 0 Å². The molecule has 1 aliphatic heterocycles. The normalized spacial score (nSPS) is 38.1. The molecule has 3 rings (SSSR count). The standard InChI is InChI=1S/C27H48N2O4/c1-17(2)21-9-7-19(5)15-23(21)27(24-16-20(6)8-10-22(24)18(3)4)25(32)28(11-13-30)26(33)29(27)12-14-31/h17-24,30-31H,7-16H2,1-6H3. The van der Waals surface area contributed by atoms with E-state index in [9.17, 15) is 19.8 Å². The fourth-order valence-corrected chi connectivity index (χ4v) is 7.81. The average Bonchev–Trinajstić information content (AvgIpc) is 2.96. The van der Waals surface area contributed by atoms with Crippen LogP contribution in [-0.2, 0) is 4.79 Å². The number of β-amino-alcohol motifs (C(OH)–C–C–N with tert-alkyl or cyclic N) is 2. The maximum absolute atomic E-state index is 14.5. The van der Waals surface area contributed by atoms with Crippen LogP contribution in [0.1, 0.15) is 80.1 Å². The third kappa shape index (κ3) is 4.59. The van der Waals surface area contributed by atoms with E-state index in [0.717, 1.165) is 38.5 Å². The number of rotatable bonds is 8. The summed E-state index contributed by atoms with van der Waals surface area (Å²) < 4.78 is 0. The van der Waals surface area contributed by atoms with Crippen molar-refractivity contribution < 1.29 is 19.8 Å². The highest BCUT2D eigenvalue weighted by Gasteiger charge is 2.67. The number of aliphatic hydroxyl groups excluding tert-OH is 2. The Morgan fingerprint density at radius 3 is 1.67 bits per heavy atom. The Hall–Kier alpha value is -1.14. The SMILES string of the molecule is CC1CCC(C(C)C)C(C2(C3CC(C)CCC3C(C)C)C(=O)N(CCO)C(=O)N2CCO)C1. The first-order valence-electron chi connectivity index (χ1n) is 13.5. The molecule has 33 heavy (non-hydrogen) atoms. The molecule has 2 saturated carbocycles. The van der Waals surface area contributed by atoms with Crippen molar-refractivity contribution in [2.45, 2.75) is 85.6 Å². The van der Waals surface area contributed by atoms with Crippen molar-refractivity contribution in [3.63, 3.8) is 0 Å². The largest absolute Gasteiger partial charge is 0.395 e. The minimum atomic E-state index is -0.928. The van der Waals surface area contributed by atoms with Crippen molar-refractivity contribution in [1.82, 2.24) is 9.80 Å². The molecule has 2 aliphatic carbocycles. The third-order valence-electron chi connectivity index (χ3n) is 9.32. The van der Waals surface area contributed by atoms with E-state index in [1.54, 1.807) is 4.90 Å². The molecular weight excluding hydrogens is 416 g/mol. The molecule has 3 amide bonds. The van der Waals surface area contributed by atoms with E-state index in [-0.39, 0.29) is 50.1 Å². The molecule has 0 spiro atoms. The first kappa shape index (κ1) is 26.5. The van der Waals surface area contributed by atoms with E-state index in [1.165, 1.54) is 4.90 Å². The van der Waals surface area contributed by atoms with Gasteiger partial charge in [0.25, 0.3) is 5.91 Å². The number of carbonyl (C=O) groups excluding carboxylic acids is 2.